The molecule has 0 saturated heterocycles. The van der Waals surface area contributed by atoms with Gasteiger partial charge in [0.05, 0.1) is 0 Å². The van der Waals surface area contributed by atoms with Gasteiger partial charge in [-0.1, -0.05) is 35.9 Å². The number of allylic oxidation sites excluding steroid dienone is 5. The fraction of sp³-hybridized carbons (Fsp3) is 0.333. The molecule has 0 aromatic rings. The van der Waals surface area contributed by atoms with E-state index in [1.54, 1.807) is 0 Å². The van der Waals surface area contributed by atoms with E-state index in [0.29, 0.717) is 5.03 Å². The topological polar surface area (TPSA) is 0 Å². The van der Waals surface area contributed by atoms with E-state index in [2.05, 4.69) is 6.58 Å². The minimum atomic E-state index is -4.40. The van der Waals surface area contributed by atoms with E-state index in [4.69, 9.17) is 23.2 Å². The molecule has 0 aliphatic heterocycles. The summed E-state index contributed by atoms with van der Waals surface area (Å²) >= 11 is 11.2. The van der Waals surface area contributed by atoms with Crippen LogP contribution in [0.3, 0.4) is 0 Å². The van der Waals surface area contributed by atoms with Gasteiger partial charge in [-0.2, -0.15) is 13.2 Å². The molecule has 14 heavy (non-hydrogen) atoms. The molecule has 0 nitrogen and oxygen atoms in total. The van der Waals surface area contributed by atoms with Crippen molar-refractivity contribution in [2.75, 3.05) is 0 Å². The van der Waals surface area contributed by atoms with Gasteiger partial charge in [0, 0.05) is 21.6 Å². The second-order valence-electron chi connectivity index (χ2n) is 2.98. The van der Waals surface area contributed by atoms with E-state index < -0.39 is 17.7 Å². The Balaban J connectivity index is 2.84. The maximum absolute atomic E-state index is 12.3. The minimum absolute atomic E-state index is 0.107. The van der Waals surface area contributed by atoms with Crippen LogP contribution in [0.4, 0.5) is 13.2 Å². The van der Waals surface area contributed by atoms with E-state index in [9.17, 15) is 13.2 Å². The van der Waals surface area contributed by atoms with Crippen LogP contribution in [0.25, 0.3) is 0 Å². The monoisotopic (exact) mass is 242 g/mol. The molecule has 0 fully saturated rings. The summed E-state index contributed by atoms with van der Waals surface area (Å²) in [6.45, 7) is 3.00. The first-order valence-corrected chi connectivity index (χ1v) is 4.55. The van der Waals surface area contributed by atoms with Gasteiger partial charge in [-0.25, -0.2) is 0 Å². The molecular weight excluding hydrogens is 236 g/mol. The number of hydrogen-bond donors (Lipinski definition) is 0. The van der Waals surface area contributed by atoms with Crippen molar-refractivity contribution >= 4 is 23.2 Å². The van der Waals surface area contributed by atoms with Gasteiger partial charge in [0.15, 0.2) is 0 Å². The maximum atomic E-state index is 12.3. The molecule has 0 bridgehead atoms. The van der Waals surface area contributed by atoms with Crippen molar-refractivity contribution in [3.05, 3.63) is 34.4 Å². The van der Waals surface area contributed by atoms with Crippen molar-refractivity contribution in [2.45, 2.75) is 12.6 Å². The zero-order chi connectivity index (χ0) is 10.9. The third-order valence-electron chi connectivity index (χ3n) is 1.88. The van der Waals surface area contributed by atoms with Crippen LogP contribution < -0.4 is 0 Å². The van der Waals surface area contributed by atoms with Crippen LogP contribution in [0, 0.1) is 5.92 Å². The number of hydrogen-bond acceptors (Lipinski definition) is 0. The first-order valence-electron chi connectivity index (χ1n) is 3.80. The summed E-state index contributed by atoms with van der Waals surface area (Å²) in [5.74, 6) is -0.847. The molecular formula is C9H7Cl2F3. The molecule has 0 saturated carbocycles. The lowest BCUT2D eigenvalue weighted by Gasteiger charge is -2.20. The van der Waals surface area contributed by atoms with Crippen molar-refractivity contribution < 1.29 is 13.2 Å². The van der Waals surface area contributed by atoms with E-state index in [1.807, 2.05) is 0 Å². The fourth-order valence-corrected chi connectivity index (χ4v) is 1.78. The number of halogens is 5. The lowest BCUT2D eigenvalue weighted by Crippen LogP contribution is -2.19. The number of rotatable bonds is 1. The lowest BCUT2D eigenvalue weighted by molar-refractivity contribution is -0.0967. The van der Waals surface area contributed by atoms with Crippen LogP contribution in [0.5, 0.6) is 0 Å². The Bertz CT molecular complexity index is 313. The van der Waals surface area contributed by atoms with Crippen molar-refractivity contribution in [2.24, 2.45) is 5.92 Å². The summed E-state index contributed by atoms with van der Waals surface area (Å²) in [6.07, 6.45) is -1.55. The van der Waals surface area contributed by atoms with Crippen molar-refractivity contribution in [1.29, 1.82) is 0 Å². The number of alkyl halides is 3. The predicted molar refractivity (Wildman–Crippen MR) is 51.2 cm³/mol. The highest BCUT2D eigenvalue weighted by Gasteiger charge is 2.36. The smallest absolute Gasteiger partial charge is 0.166 e. The van der Waals surface area contributed by atoms with Gasteiger partial charge >= 0.3 is 6.18 Å². The van der Waals surface area contributed by atoms with Crippen molar-refractivity contribution in [3.63, 3.8) is 0 Å². The van der Waals surface area contributed by atoms with Gasteiger partial charge < -0.3 is 0 Å². The van der Waals surface area contributed by atoms with Crippen LogP contribution in [-0.4, -0.2) is 6.18 Å². The molecule has 0 heterocycles. The Labute approximate surface area is 89.7 Å². The molecule has 0 aromatic heterocycles. The summed E-state index contributed by atoms with van der Waals surface area (Å²) in [5.41, 5.74) is -0.818. The second kappa shape index (κ2) is 3.99. The second-order valence-corrected chi connectivity index (χ2v) is 3.90. The predicted octanol–water partition coefficient (Wildman–Crippen LogP) is 4.37. The highest BCUT2D eigenvalue weighted by Crippen LogP contribution is 2.38. The van der Waals surface area contributed by atoms with Crippen molar-refractivity contribution in [3.8, 4) is 0 Å². The summed E-state index contributed by atoms with van der Waals surface area (Å²) in [4.78, 5) is 0. The molecule has 1 aliphatic rings. The van der Waals surface area contributed by atoms with E-state index >= 15 is 0 Å². The average Bonchev–Trinajstić information content (AvgIpc) is 1.99. The Hall–Kier alpha value is -0.410. The molecule has 5 heteroatoms. The Morgan fingerprint density at radius 1 is 1.43 bits per heavy atom. The van der Waals surface area contributed by atoms with Crippen LogP contribution in [0.1, 0.15) is 6.42 Å². The first kappa shape index (κ1) is 11.7. The van der Waals surface area contributed by atoms with Gasteiger partial charge in [0.1, 0.15) is 0 Å². The zero-order valence-corrected chi connectivity index (χ0v) is 8.55. The quantitative estimate of drug-likeness (QED) is 0.600. The van der Waals surface area contributed by atoms with Gasteiger partial charge in [-0.05, 0) is 12.5 Å². The molecule has 0 spiro atoms. The van der Waals surface area contributed by atoms with E-state index in [-0.39, 0.29) is 11.5 Å². The maximum Gasteiger partial charge on any atom is 0.412 e. The van der Waals surface area contributed by atoms with E-state index in [1.165, 1.54) is 12.2 Å². The molecule has 0 radical (unpaired) electrons. The molecule has 1 atom stereocenters. The molecule has 1 aliphatic carbocycles. The van der Waals surface area contributed by atoms with Crippen LogP contribution in [0.15, 0.2) is 34.4 Å². The molecule has 0 aromatic carbocycles. The Morgan fingerprint density at radius 3 is 2.43 bits per heavy atom. The van der Waals surface area contributed by atoms with Crippen molar-refractivity contribution in [1.82, 2.24) is 0 Å². The molecule has 78 valence electrons. The standard InChI is InChI=1S/C9H7Cl2F3/c1-5(9(12,13)14)6-2-7(10)4-8(11)3-6/h2,4,6H,1,3H2. The average molecular weight is 243 g/mol. The summed E-state index contributed by atoms with van der Waals surface area (Å²) < 4.78 is 36.8. The van der Waals surface area contributed by atoms with E-state index in [0.717, 1.165) is 0 Å². The van der Waals surface area contributed by atoms with Crippen LogP contribution in [-0.2, 0) is 0 Å². The zero-order valence-electron chi connectivity index (χ0n) is 7.04. The highest BCUT2D eigenvalue weighted by atomic mass is 35.5. The van der Waals surface area contributed by atoms with Crippen LogP contribution in [0.2, 0.25) is 0 Å². The molecule has 1 unspecified atom stereocenters. The van der Waals surface area contributed by atoms with Gasteiger partial charge in [0.2, 0.25) is 0 Å². The van der Waals surface area contributed by atoms with Crippen LogP contribution >= 0.6 is 23.2 Å². The normalized spacial score (nSPS) is 22.8. The molecule has 0 amide bonds. The minimum Gasteiger partial charge on any atom is -0.166 e. The molecule has 0 N–H and O–H groups in total. The lowest BCUT2D eigenvalue weighted by atomic mass is 9.93. The fourth-order valence-electron chi connectivity index (χ4n) is 1.15. The largest absolute Gasteiger partial charge is 0.412 e. The van der Waals surface area contributed by atoms with Gasteiger partial charge in [-0.15, -0.1) is 0 Å². The molecule has 1 rings (SSSR count). The third-order valence-corrected chi connectivity index (χ3v) is 2.38. The van der Waals surface area contributed by atoms with Gasteiger partial charge in [0.25, 0.3) is 0 Å². The van der Waals surface area contributed by atoms with Gasteiger partial charge in [-0.3, -0.25) is 0 Å². The highest BCUT2D eigenvalue weighted by molar-refractivity contribution is 6.35. The first-order chi connectivity index (χ1) is 6.30. The third kappa shape index (κ3) is 2.79. The Morgan fingerprint density at radius 2 is 2.00 bits per heavy atom. The summed E-state index contributed by atoms with van der Waals surface area (Å²) in [7, 11) is 0. The Kier molecular flexibility index (Phi) is 3.32. The SMILES string of the molecule is C=C(C1C=C(Cl)C=C(Cl)C1)C(F)(F)F. The summed E-state index contributed by atoms with van der Waals surface area (Å²) in [5, 5.41) is 0.532. The summed E-state index contributed by atoms with van der Waals surface area (Å²) in [6, 6.07) is 0.